The van der Waals surface area contributed by atoms with Gasteiger partial charge in [0.15, 0.2) is 0 Å². The minimum absolute atomic E-state index is 0.274. The molecule has 1 aromatic rings. The molecule has 20 heavy (non-hydrogen) atoms. The summed E-state index contributed by atoms with van der Waals surface area (Å²) in [6, 6.07) is 0. The second kappa shape index (κ2) is 7.19. The lowest BCUT2D eigenvalue weighted by atomic mass is 10.2. The summed E-state index contributed by atoms with van der Waals surface area (Å²) in [5.41, 5.74) is 1.26. The molecule has 0 aliphatic carbocycles. The fraction of sp³-hybridized carbons (Fsp3) is 0.769. The molecule has 0 amide bonds. The van der Waals surface area contributed by atoms with E-state index in [1.807, 2.05) is 27.8 Å². The van der Waals surface area contributed by atoms with Crippen LogP contribution in [-0.2, 0) is 16.6 Å². The van der Waals surface area contributed by atoms with E-state index in [0.717, 1.165) is 13.0 Å². The molecule has 0 aromatic carbocycles. The van der Waals surface area contributed by atoms with Gasteiger partial charge in [0.1, 0.15) is 4.90 Å². The van der Waals surface area contributed by atoms with Gasteiger partial charge in [0.2, 0.25) is 10.0 Å². The molecule has 116 valence electrons. The Kier molecular flexibility index (Phi) is 6.16. The Morgan fingerprint density at radius 1 is 1.30 bits per heavy atom. The van der Waals surface area contributed by atoms with Gasteiger partial charge in [0.25, 0.3) is 0 Å². The summed E-state index contributed by atoms with van der Waals surface area (Å²) >= 11 is 0. The summed E-state index contributed by atoms with van der Waals surface area (Å²) in [5, 5.41) is 7.42. The number of rotatable bonds is 8. The minimum Gasteiger partial charge on any atom is -0.320 e. The molecule has 0 aliphatic rings. The molecule has 1 rings (SSSR count). The average Bonchev–Trinajstić information content (AvgIpc) is 2.63. The standard InChI is InChI=1S/C13H26N4O2S/c1-10(2)9-15-20(18,19)13-11(3)16-17(12(13)4)8-6-7-14-5/h10,14-15H,6-9H2,1-5H3. The molecule has 0 saturated carbocycles. The van der Waals surface area contributed by atoms with Gasteiger partial charge >= 0.3 is 0 Å². The normalized spacial score (nSPS) is 12.3. The lowest BCUT2D eigenvalue weighted by Crippen LogP contribution is -2.28. The third kappa shape index (κ3) is 4.29. The first-order chi connectivity index (χ1) is 9.29. The highest BCUT2D eigenvalue weighted by Crippen LogP contribution is 2.19. The lowest BCUT2D eigenvalue weighted by molar-refractivity contribution is 0.544. The monoisotopic (exact) mass is 302 g/mol. The maximum Gasteiger partial charge on any atom is 0.244 e. The van der Waals surface area contributed by atoms with Crippen LogP contribution in [0.2, 0.25) is 0 Å². The fourth-order valence-electron chi connectivity index (χ4n) is 2.04. The molecule has 0 fully saturated rings. The highest BCUT2D eigenvalue weighted by molar-refractivity contribution is 7.89. The van der Waals surface area contributed by atoms with Crippen molar-refractivity contribution < 1.29 is 8.42 Å². The van der Waals surface area contributed by atoms with Crippen molar-refractivity contribution in [3.05, 3.63) is 11.4 Å². The Balaban J connectivity index is 2.95. The van der Waals surface area contributed by atoms with Crippen LogP contribution in [0.3, 0.4) is 0 Å². The SMILES string of the molecule is CNCCCn1nc(C)c(S(=O)(=O)NCC(C)C)c1C. The summed E-state index contributed by atoms with van der Waals surface area (Å²) in [4.78, 5) is 0.322. The van der Waals surface area contributed by atoms with E-state index in [0.29, 0.717) is 29.4 Å². The zero-order chi connectivity index (χ0) is 15.3. The molecule has 6 nitrogen and oxygen atoms in total. The van der Waals surface area contributed by atoms with Crippen LogP contribution in [0, 0.1) is 19.8 Å². The van der Waals surface area contributed by atoms with E-state index in [1.54, 1.807) is 11.6 Å². The predicted molar refractivity (Wildman–Crippen MR) is 80.3 cm³/mol. The van der Waals surface area contributed by atoms with Crippen molar-refractivity contribution in [3.8, 4) is 0 Å². The van der Waals surface area contributed by atoms with Crippen molar-refractivity contribution in [2.24, 2.45) is 5.92 Å². The number of aromatic nitrogens is 2. The second-order valence-corrected chi connectivity index (χ2v) is 7.13. The molecule has 1 heterocycles. The van der Waals surface area contributed by atoms with Crippen LogP contribution >= 0.6 is 0 Å². The molecule has 1 aromatic heterocycles. The van der Waals surface area contributed by atoms with E-state index >= 15 is 0 Å². The molecule has 7 heteroatoms. The third-order valence-electron chi connectivity index (χ3n) is 3.06. The van der Waals surface area contributed by atoms with Crippen LogP contribution < -0.4 is 10.0 Å². The highest BCUT2D eigenvalue weighted by atomic mass is 32.2. The smallest absolute Gasteiger partial charge is 0.244 e. The Morgan fingerprint density at radius 2 is 1.95 bits per heavy atom. The number of hydrogen-bond donors (Lipinski definition) is 2. The van der Waals surface area contributed by atoms with E-state index in [4.69, 9.17) is 0 Å². The van der Waals surface area contributed by atoms with Gasteiger partial charge in [-0.15, -0.1) is 0 Å². The average molecular weight is 302 g/mol. The molecule has 0 atom stereocenters. The third-order valence-corrected chi connectivity index (χ3v) is 4.74. The van der Waals surface area contributed by atoms with Crippen molar-refractivity contribution in [1.82, 2.24) is 19.8 Å². The summed E-state index contributed by atoms with van der Waals surface area (Å²) in [6.07, 6.45) is 0.914. The molecule has 0 unspecified atom stereocenters. The topological polar surface area (TPSA) is 76.0 Å². The minimum atomic E-state index is -3.48. The summed E-state index contributed by atoms with van der Waals surface area (Å²) < 4.78 is 29.1. The quantitative estimate of drug-likeness (QED) is 0.704. The fourth-order valence-corrected chi connectivity index (χ4v) is 3.66. The molecule has 0 bridgehead atoms. The van der Waals surface area contributed by atoms with E-state index in [9.17, 15) is 8.42 Å². The van der Waals surface area contributed by atoms with Crippen LogP contribution in [0.25, 0.3) is 0 Å². The molecule has 0 radical (unpaired) electrons. The Hall–Kier alpha value is -0.920. The summed E-state index contributed by atoms with van der Waals surface area (Å²) in [6.45, 7) is 9.53. The van der Waals surface area contributed by atoms with E-state index in [1.165, 1.54) is 0 Å². The van der Waals surface area contributed by atoms with Crippen LogP contribution in [0.1, 0.15) is 31.7 Å². The molecule has 0 saturated heterocycles. The molecular weight excluding hydrogens is 276 g/mol. The maximum atomic E-state index is 12.3. The Labute approximate surface area is 122 Å². The van der Waals surface area contributed by atoms with Gasteiger partial charge in [0.05, 0.1) is 11.4 Å². The molecule has 0 spiro atoms. The maximum absolute atomic E-state index is 12.3. The van der Waals surface area contributed by atoms with Gasteiger partial charge in [-0.1, -0.05) is 13.8 Å². The van der Waals surface area contributed by atoms with Gasteiger partial charge in [-0.05, 0) is 39.8 Å². The van der Waals surface area contributed by atoms with E-state index < -0.39 is 10.0 Å². The zero-order valence-electron chi connectivity index (χ0n) is 13.0. The van der Waals surface area contributed by atoms with Gasteiger partial charge < -0.3 is 5.32 Å². The van der Waals surface area contributed by atoms with E-state index in [-0.39, 0.29) is 5.92 Å². The first-order valence-corrected chi connectivity index (χ1v) is 8.46. The van der Waals surface area contributed by atoms with Gasteiger partial charge in [0, 0.05) is 13.1 Å². The number of aryl methyl sites for hydroxylation is 2. The van der Waals surface area contributed by atoms with Crippen molar-refractivity contribution in [3.63, 3.8) is 0 Å². The number of nitrogens with zero attached hydrogens (tertiary/aromatic N) is 2. The Morgan fingerprint density at radius 3 is 2.50 bits per heavy atom. The second-order valence-electron chi connectivity index (χ2n) is 5.43. The molecule has 0 aliphatic heterocycles. The van der Waals surface area contributed by atoms with Crippen molar-refractivity contribution >= 4 is 10.0 Å². The zero-order valence-corrected chi connectivity index (χ0v) is 13.8. The summed E-state index contributed by atoms with van der Waals surface area (Å²) in [5.74, 6) is 0.274. The first-order valence-electron chi connectivity index (χ1n) is 6.98. The van der Waals surface area contributed by atoms with Gasteiger partial charge in [-0.25, -0.2) is 13.1 Å². The van der Waals surface area contributed by atoms with Crippen molar-refractivity contribution in [2.45, 2.75) is 45.6 Å². The van der Waals surface area contributed by atoms with Gasteiger partial charge in [-0.3, -0.25) is 4.68 Å². The van der Waals surface area contributed by atoms with Gasteiger partial charge in [-0.2, -0.15) is 5.10 Å². The van der Waals surface area contributed by atoms with Crippen molar-refractivity contribution in [2.75, 3.05) is 20.1 Å². The van der Waals surface area contributed by atoms with Crippen LogP contribution in [0.4, 0.5) is 0 Å². The van der Waals surface area contributed by atoms with Crippen LogP contribution in [-0.4, -0.2) is 38.3 Å². The van der Waals surface area contributed by atoms with Crippen molar-refractivity contribution in [1.29, 1.82) is 0 Å². The summed E-state index contributed by atoms with van der Waals surface area (Å²) in [7, 11) is -1.58. The number of sulfonamides is 1. The largest absolute Gasteiger partial charge is 0.320 e. The van der Waals surface area contributed by atoms with E-state index in [2.05, 4.69) is 15.1 Å². The molecule has 2 N–H and O–H groups in total. The Bertz CT molecular complexity index is 535. The predicted octanol–water partition coefficient (Wildman–Crippen LogP) is 1.04. The molecular formula is C13H26N4O2S. The first kappa shape index (κ1) is 17.1. The number of nitrogens with one attached hydrogen (secondary N) is 2. The van der Waals surface area contributed by atoms with Crippen LogP contribution in [0.15, 0.2) is 4.90 Å². The van der Waals surface area contributed by atoms with Crippen LogP contribution in [0.5, 0.6) is 0 Å². The number of hydrogen-bond acceptors (Lipinski definition) is 4. The lowest BCUT2D eigenvalue weighted by Gasteiger charge is -2.09. The highest BCUT2D eigenvalue weighted by Gasteiger charge is 2.24.